The first-order valence-corrected chi connectivity index (χ1v) is 12.0. The van der Waals surface area contributed by atoms with Crippen molar-refractivity contribution in [2.45, 2.75) is 16.3 Å². The maximum Gasteiger partial charge on any atom is 0.354 e. The molecule has 2 aromatic heterocycles. The topological polar surface area (TPSA) is 72.4 Å². The molecule has 34 heavy (non-hydrogen) atoms. The SMILES string of the molecule is O=c1oc2c(c(O)c1Sc1cc(Cl)c(Cl)cc1Cl)c(=O)n(Cc1ccccc1)c1ccccc21. The maximum atomic E-state index is 13.6. The van der Waals surface area contributed by atoms with E-state index in [0.717, 1.165) is 17.3 Å². The third-order valence-corrected chi connectivity index (χ3v) is 7.60. The Morgan fingerprint density at radius 3 is 2.32 bits per heavy atom. The van der Waals surface area contributed by atoms with Gasteiger partial charge in [-0.3, -0.25) is 4.79 Å². The monoisotopic (exact) mass is 529 g/mol. The molecule has 170 valence electrons. The van der Waals surface area contributed by atoms with Crippen molar-refractivity contribution < 1.29 is 9.52 Å². The minimum atomic E-state index is -0.803. The zero-order chi connectivity index (χ0) is 24.0. The first-order chi connectivity index (χ1) is 16.3. The van der Waals surface area contributed by atoms with E-state index in [0.29, 0.717) is 15.8 Å². The standard InChI is InChI=1S/C25H14Cl3NO4S/c26-15-10-17(28)19(11-16(15)27)34-23-21(30)20-22(33-25(23)32)14-8-4-5-9-18(14)29(24(20)31)12-13-6-2-1-3-7-13/h1-11,30H,12H2. The summed E-state index contributed by atoms with van der Waals surface area (Å²) in [4.78, 5) is 26.7. The molecule has 5 nitrogen and oxygen atoms in total. The van der Waals surface area contributed by atoms with Crippen LogP contribution in [-0.4, -0.2) is 9.67 Å². The molecule has 5 rings (SSSR count). The van der Waals surface area contributed by atoms with Crippen LogP contribution in [0.4, 0.5) is 0 Å². The second-order valence-electron chi connectivity index (χ2n) is 7.46. The van der Waals surface area contributed by atoms with Crippen LogP contribution in [0.15, 0.2) is 90.5 Å². The Balaban J connectivity index is 1.78. The fourth-order valence-corrected chi connectivity index (χ4v) is 5.35. The second-order valence-corrected chi connectivity index (χ2v) is 9.74. The highest BCUT2D eigenvalue weighted by molar-refractivity contribution is 7.99. The lowest BCUT2D eigenvalue weighted by atomic mass is 10.1. The molecule has 3 aromatic carbocycles. The number of benzene rings is 3. The highest BCUT2D eigenvalue weighted by Crippen LogP contribution is 2.42. The average molecular weight is 531 g/mol. The summed E-state index contributed by atoms with van der Waals surface area (Å²) in [6, 6.07) is 19.5. The Kier molecular flexibility index (Phi) is 6.08. The van der Waals surface area contributed by atoms with E-state index in [1.807, 2.05) is 30.3 Å². The van der Waals surface area contributed by atoms with E-state index in [1.54, 1.807) is 28.8 Å². The molecule has 0 aliphatic rings. The minimum Gasteiger partial charge on any atom is -0.505 e. The number of hydrogen-bond donors (Lipinski definition) is 1. The second kappa shape index (κ2) is 9.04. The Hall–Kier alpha value is -2.90. The summed E-state index contributed by atoms with van der Waals surface area (Å²) in [5, 5.41) is 12.3. The van der Waals surface area contributed by atoms with Crippen LogP contribution in [0.2, 0.25) is 15.1 Å². The average Bonchev–Trinajstić information content (AvgIpc) is 2.83. The molecule has 0 bridgehead atoms. The Morgan fingerprint density at radius 2 is 1.56 bits per heavy atom. The number of nitrogens with zero attached hydrogens (tertiary/aromatic N) is 1. The molecule has 0 fully saturated rings. The van der Waals surface area contributed by atoms with Crippen molar-refractivity contribution in [3.8, 4) is 5.75 Å². The van der Waals surface area contributed by atoms with Crippen LogP contribution >= 0.6 is 46.6 Å². The Bertz CT molecular complexity index is 1700. The summed E-state index contributed by atoms with van der Waals surface area (Å²) < 4.78 is 7.14. The van der Waals surface area contributed by atoms with E-state index in [4.69, 9.17) is 39.2 Å². The van der Waals surface area contributed by atoms with E-state index in [-0.39, 0.29) is 37.5 Å². The summed E-state index contributed by atoms with van der Waals surface area (Å²) in [5.41, 5.74) is 0.225. The number of aromatic hydroxyl groups is 1. The molecular weight excluding hydrogens is 517 g/mol. The Morgan fingerprint density at radius 1 is 0.882 bits per heavy atom. The van der Waals surface area contributed by atoms with Crippen LogP contribution in [0.1, 0.15) is 5.56 Å². The molecule has 0 saturated heterocycles. The van der Waals surface area contributed by atoms with Crippen molar-refractivity contribution in [2.24, 2.45) is 0 Å². The van der Waals surface area contributed by atoms with Gasteiger partial charge >= 0.3 is 5.63 Å². The van der Waals surface area contributed by atoms with Crippen molar-refractivity contribution in [1.29, 1.82) is 0 Å². The summed E-state index contributed by atoms with van der Waals surface area (Å²) in [6.07, 6.45) is 0. The van der Waals surface area contributed by atoms with E-state index < -0.39 is 16.9 Å². The van der Waals surface area contributed by atoms with Gasteiger partial charge in [0, 0.05) is 10.3 Å². The smallest absolute Gasteiger partial charge is 0.354 e. The quantitative estimate of drug-likeness (QED) is 0.201. The molecule has 0 atom stereocenters. The minimum absolute atomic E-state index is 0.0250. The van der Waals surface area contributed by atoms with E-state index in [1.165, 1.54) is 12.1 Å². The number of aromatic nitrogens is 1. The molecule has 9 heteroatoms. The normalized spacial score (nSPS) is 11.4. The van der Waals surface area contributed by atoms with Crippen LogP contribution < -0.4 is 11.2 Å². The van der Waals surface area contributed by atoms with Crippen LogP contribution in [0.5, 0.6) is 5.75 Å². The Labute approximate surface area is 212 Å². The predicted octanol–water partition coefficient (Wildman–Crippen LogP) is 6.97. The molecule has 0 spiro atoms. The molecule has 0 saturated carbocycles. The third-order valence-electron chi connectivity index (χ3n) is 5.33. The molecule has 0 aliphatic carbocycles. The fraction of sp³-hybridized carbons (Fsp3) is 0.0400. The van der Waals surface area contributed by atoms with Gasteiger partial charge in [-0.05, 0) is 29.8 Å². The number of halogens is 3. The van der Waals surface area contributed by atoms with Crippen molar-refractivity contribution >= 4 is 68.4 Å². The third kappa shape index (κ3) is 3.97. The fourth-order valence-electron chi connectivity index (χ4n) is 3.75. The number of para-hydroxylation sites is 1. The van der Waals surface area contributed by atoms with Gasteiger partial charge in [-0.25, -0.2) is 4.79 Å². The van der Waals surface area contributed by atoms with Crippen LogP contribution in [0, 0.1) is 0 Å². The lowest BCUT2D eigenvalue weighted by Crippen LogP contribution is -2.22. The lowest BCUT2D eigenvalue weighted by Gasteiger charge is -2.14. The van der Waals surface area contributed by atoms with Gasteiger partial charge in [-0.1, -0.05) is 89.0 Å². The number of hydrogen-bond acceptors (Lipinski definition) is 5. The van der Waals surface area contributed by atoms with Gasteiger partial charge in [0.2, 0.25) is 0 Å². The first kappa shape index (κ1) is 22.9. The zero-order valence-corrected chi connectivity index (χ0v) is 20.3. The van der Waals surface area contributed by atoms with Crippen LogP contribution in [0.3, 0.4) is 0 Å². The van der Waals surface area contributed by atoms with Gasteiger partial charge in [0.15, 0.2) is 11.3 Å². The predicted molar refractivity (Wildman–Crippen MR) is 137 cm³/mol. The van der Waals surface area contributed by atoms with Gasteiger partial charge in [0.25, 0.3) is 5.56 Å². The van der Waals surface area contributed by atoms with E-state index in [2.05, 4.69) is 0 Å². The lowest BCUT2D eigenvalue weighted by molar-refractivity contribution is 0.446. The molecule has 0 amide bonds. The number of rotatable bonds is 4. The van der Waals surface area contributed by atoms with Gasteiger partial charge in [-0.15, -0.1) is 0 Å². The number of fused-ring (bicyclic) bond motifs is 3. The van der Waals surface area contributed by atoms with Crippen molar-refractivity contribution in [3.05, 3.63) is 108 Å². The van der Waals surface area contributed by atoms with E-state index in [9.17, 15) is 14.7 Å². The molecule has 0 radical (unpaired) electrons. The van der Waals surface area contributed by atoms with Gasteiger partial charge < -0.3 is 14.1 Å². The maximum absolute atomic E-state index is 13.6. The van der Waals surface area contributed by atoms with Crippen molar-refractivity contribution in [3.63, 3.8) is 0 Å². The molecular formula is C25H14Cl3NO4S. The van der Waals surface area contributed by atoms with Crippen LogP contribution in [0.25, 0.3) is 21.9 Å². The largest absolute Gasteiger partial charge is 0.505 e. The van der Waals surface area contributed by atoms with Crippen LogP contribution in [-0.2, 0) is 6.54 Å². The number of pyridine rings is 1. The van der Waals surface area contributed by atoms with Gasteiger partial charge in [0.05, 0.1) is 27.1 Å². The van der Waals surface area contributed by atoms with Crippen molar-refractivity contribution in [2.75, 3.05) is 0 Å². The zero-order valence-electron chi connectivity index (χ0n) is 17.2. The highest BCUT2D eigenvalue weighted by Gasteiger charge is 2.23. The van der Waals surface area contributed by atoms with Gasteiger partial charge in [-0.2, -0.15) is 0 Å². The summed E-state index contributed by atoms with van der Waals surface area (Å²) in [7, 11) is 0. The molecule has 0 unspecified atom stereocenters. The molecule has 2 heterocycles. The summed E-state index contributed by atoms with van der Waals surface area (Å²) >= 11 is 19.2. The summed E-state index contributed by atoms with van der Waals surface area (Å²) in [6.45, 7) is 0.274. The first-order valence-electron chi connectivity index (χ1n) is 10.0. The van der Waals surface area contributed by atoms with Crippen molar-refractivity contribution in [1.82, 2.24) is 4.57 Å². The highest BCUT2D eigenvalue weighted by atomic mass is 35.5. The molecule has 5 aromatic rings. The van der Waals surface area contributed by atoms with E-state index >= 15 is 0 Å². The molecule has 0 aliphatic heterocycles. The summed E-state index contributed by atoms with van der Waals surface area (Å²) in [5.74, 6) is -0.476. The molecule has 1 N–H and O–H groups in total. The van der Waals surface area contributed by atoms with Gasteiger partial charge in [0.1, 0.15) is 10.3 Å².